The lowest BCUT2D eigenvalue weighted by molar-refractivity contribution is 0.326. The molecule has 116 valence electrons. The maximum Gasteiger partial charge on any atom is 0.0640 e. The van der Waals surface area contributed by atoms with E-state index in [1.165, 1.54) is 57.1 Å². The number of nitrogens with two attached hydrogens (primary N) is 1. The molecule has 3 aliphatic rings. The van der Waals surface area contributed by atoms with Gasteiger partial charge in [-0.1, -0.05) is 25.7 Å². The minimum absolute atomic E-state index is 0.426. The van der Waals surface area contributed by atoms with Crippen molar-refractivity contribution in [1.82, 2.24) is 15.2 Å². The van der Waals surface area contributed by atoms with E-state index in [-0.39, 0.29) is 0 Å². The molecule has 3 unspecified atom stereocenters. The molecule has 0 saturated heterocycles. The Kier molecular flexibility index (Phi) is 3.76. The minimum Gasteiger partial charge on any atom is -0.271 e. The van der Waals surface area contributed by atoms with Gasteiger partial charge in [-0.25, -0.2) is 0 Å². The Labute approximate surface area is 127 Å². The topological polar surface area (TPSA) is 55.9 Å². The van der Waals surface area contributed by atoms with Gasteiger partial charge >= 0.3 is 0 Å². The van der Waals surface area contributed by atoms with E-state index in [0.29, 0.717) is 12.1 Å². The molecule has 4 nitrogen and oxygen atoms in total. The van der Waals surface area contributed by atoms with Gasteiger partial charge in [0.1, 0.15) is 0 Å². The van der Waals surface area contributed by atoms with Crippen molar-refractivity contribution in [2.75, 3.05) is 0 Å². The molecule has 3 N–H and O–H groups in total. The lowest BCUT2D eigenvalue weighted by Crippen LogP contribution is -2.39. The van der Waals surface area contributed by atoms with Crippen LogP contribution in [0.3, 0.4) is 0 Å². The maximum absolute atomic E-state index is 5.83. The molecule has 1 aromatic heterocycles. The van der Waals surface area contributed by atoms with Crippen molar-refractivity contribution in [3.63, 3.8) is 0 Å². The first-order chi connectivity index (χ1) is 10.4. The van der Waals surface area contributed by atoms with Crippen molar-refractivity contribution in [2.45, 2.75) is 69.9 Å². The summed E-state index contributed by atoms with van der Waals surface area (Å²) in [5, 5.41) is 4.85. The van der Waals surface area contributed by atoms with Gasteiger partial charge in [-0.3, -0.25) is 16.0 Å². The highest BCUT2D eigenvalue weighted by Gasteiger charge is 2.55. The van der Waals surface area contributed by atoms with Crippen molar-refractivity contribution in [1.29, 1.82) is 0 Å². The summed E-state index contributed by atoms with van der Waals surface area (Å²) in [4.78, 5) is 0. The van der Waals surface area contributed by atoms with E-state index in [0.717, 1.165) is 24.2 Å². The van der Waals surface area contributed by atoms with Gasteiger partial charge in [-0.2, -0.15) is 5.10 Å². The predicted octanol–water partition coefficient (Wildman–Crippen LogP) is 2.81. The van der Waals surface area contributed by atoms with E-state index in [1.807, 2.05) is 0 Å². The van der Waals surface area contributed by atoms with Gasteiger partial charge in [0.25, 0.3) is 0 Å². The summed E-state index contributed by atoms with van der Waals surface area (Å²) >= 11 is 0. The third-order valence-corrected chi connectivity index (χ3v) is 6.19. The standard InChI is InChI=1S/C17H28N4/c18-19-16(17-14-7-4-8-15(14)17)11-12-9-10-21(20-12)13-5-2-1-3-6-13/h9-10,13-17,19H,1-8,11,18H2. The fourth-order valence-corrected chi connectivity index (χ4v) is 5.04. The molecule has 3 fully saturated rings. The Bertz CT molecular complexity index is 467. The van der Waals surface area contributed by atoms with Crippen molar-refractivity contribution >= 4 is 0 Å². The summed E-state index contributed by atoms with van der Waals surface area (Å²) in [6.07, 6.45) is 14.2. The summed E-state index contributed by atoms with van der Waals surface area (Å²) in [6, 6.07) is 3.27. The minimum atomic E-state index is 0.426. The molecule has 4 heteroatoms. The average Bonchev–Trinajstić information content (AvgIpc) is 2.92. The van der Waals surface area contributed by atoms with Gasteiger partial charge in [-0.15, -0.1) is 0 Å². The second-order valence-corrected chi connectivity index (χ2v) is 7.39. The third kappa shape index (κ3) is 2.64. The maximum atomic E-state index is 5.83. The number of hydrogen-bond acceptors (Lipinski definition) is 3. The molecule has 3 atom stereocenters. The highest BCUT2D eigenvalue weighted by molar-refractivity contribution is 5.10. The van der Waals surface area contributed by atoms with Crippen LogP contribution in [0.25, 0.3) is 0 Å². The van der Waals surface area contributed by atoms with Gasteiger partial charge in [0.15, 0.2) is 0 Å². The van der Waals surface area contributed by atoms with E-state index < -0.39 is 0 Å². The lowest BCUT2D eigenvalue weighted by atomic mass is 9.96. The Hall–Kier alpha value is -0.870. The molecule has 1 heterocycles. The zero-order chi connectivity index (χ0) is 14.2. The van der Waals surface area contributed by atoms with Gasteiger partial charge < -0.3 is 0 Å². The van der Waals surface area contributed by atoms with Crippen LogP contribution in [0.2, 0.25) is 0 Å². The smallest absolute Gasteiger partial charge is 0.0640 e. The lowest BCUT2D eigenvalue weighted by Gasteiger charge is -2.22. The van der Waals surface area contributed by atoms with Crippen LogP contribution in [0.5, 0.6) is 0 Å². The van der Waals surface area contributed by atoms with Crippen LogP contribution in [-0.4, -0.2) is 15.8 Å². The molecule has 21 heavy (non-hydrogen) atoms. The molecule has 3 saturated carbocycles. The van der Waals surface area contributed by atoms with Crippen LogP contribution in [0, 0.1) is 17.8 Å². The zero-order valence-electron chi connectivity index (χ0n) is 12.9. The fourth-order valence-electron chi connectivity index (χ4n) is 5.04. The van der Waals surface area contributed by atoms with Crippen molar-refractivity contribution in [3.05, 3.63) is 18.0 Å². The van der Waals surface area contributed by atoms with Gasteiger partial charge in [0, 0.05) is 18.7 Å². The second kappa shape index (κ2) is 5.73. The number of rotatable bonds is 5. The molecule has 4 rings (SSSR count). The number of nitrogens with zero attached hydrogens (tertiary/aromatic N) is 2. The molecule has 0 spiro atoms. The Morgan fingerprint density at radius 2 is 1.90 bits per heavy atom. The highest BCUT2D eigenvalue weighted by Crippen LogP contribution is 2.59. The largest absolute Gasteiger partial charge is 0.271 e. The van der Waals surface area contributed by atoms with Crippen LogP contribution < -0.4 is 11.3 Å². The van der Waals surface area contributed by atoms with Gasteiger partial charge in [-0.05, 0) is 49.5 Å². The van der Waals surface area contributed by atoms with E-state index in [9.17, 15) is 0 Å². The Morgan fingerprint density at radius 3 is 2.62 bits per heavy atom. The van der Waals surface area contributed by atoms with Crippen molar-refractivity contribution in [2.24, 2.45) is 23.6 Å². The molecular formula is C17H28N4. The first-order valence-electron chi connectivity index (χ1n) is 8.87. The fraction of sp³-hybridized carbons (Fsp3) is 0.824. The predicted molar refractivity (Wildman–Crippen MR) is 83.5 cm³/mol. The first-order valence-corrected chi connectivity index (χ1v) is 8.87. The quantitative estimate of drug-likeness (QED) is 0.647. The van der Waals surface area contributed by atoms with Crippen molar-refractivity contribution in [3.8, 4) is 0 Å². The normalized spacial score (nSPS) is 33.9. The summed E-state index contributed by atoms with van der Waals surface area (Å²) in [7, 11) is 0. The van der Waals surface area contributed by atoms with Crippen LogP contribution in [0.1, 0.15) is 63.1 Å². The number of aromatic nitrogens is 2. The molecule has 3 aliphatic carbocycles. The third-order valence-electron chi connectivity index (χ3n) is 6.19. The molecule has 0 aromatic carbocycles. The van der Waals surface area contributed by atoms with Crippen LogP contribution >= 0.6 is 0 Å². The number of hydrogen-bond donors (Lipinski definition) is 2. The first kappa shape index (κ1) is 13.8. The number of hydrazine groups is 1. The second-order valence-electron chi connectivity index (χ2n) is 7.39. The Balaban J connectivity index is 1.38. The highest BCUT2D eigenvalue weighted by atomic mass is 15.3. The molecule has 0 amide bonds. The molecule has 1 aromatic rings. The SMILES string of the molecule is NNC(Cc1ccn(C2CCCCC2)n1)C1C2CCCC21. The summed E-state index contributed by atoms with van der Waals surface area (Å²) in [5.74, 6) is 8.54. The number of fused-ring (bicyclic) bond motifs is 1. The van der Waals surface area contributed by atoms with E-state index in [1.54, 1.807) is 0 Å². The van der Waals surface area contributed by atoms with E-state index in [4.69, 9.17) is 10.9 Å². The van der Waals surface area contributed by atoms with E-state index >= 15 is 0 Å². The zero-order valence-corrected chi connectivity index (χ0v) is 12.9. The van der Waals surface area contributed by atoms with Gasteiger partial charge in [0.2, 0.25) is 0 Å². The summed E-state index contributed by atoms with van der Waals surface area (Å²) in [5.41, 5.74) is 4.30. The summed E-state index contributed by atoms with van der Waals surface area (Å²) < 4.78 is 2.22. The van der Waals surface area contributed by atoms with E-state index in [2.05, 4.69) is 22.4 Å². The van der Waals surface area contributed by atoms with Crippen molar-refractivity contribution < 1.29 is 0 Å². The van der Waals surface area contributed by atoms with Crippen LogP contribution in [0.4, 0.5) is 0 Å². The van der Waals surface area contributed by atoms with Crippen LogP contribution in [-0.2, 0) is 6.42 Å². The molecular weight excluding hydrogens is 260 g/mol. The monoisotopic (exact) mass is 288 g/mol. The average molecular weight is 288 g/mol. The number of nitrogens with one attached hydrogen (secondary N) is 1. The molecule has 0 bridgehead atoms. The molecule has 0 aliphatic heterocycles. The molecule has 0 radical (unpaired) electrons. The van der Waals surface area contributed by atoms with Crippen LogP contribution in [0.15, 0.2) is 12.3 Å². The van der Waals surface area contributed by atoms with Gasteiger partial charge in [0.05, 0.1) is 11.7 Å². The Morgan fingerprint density at radius 1 is 1.14 bits per heavy atom. The summed E-state index contributed by atoms with van der Waals surface area (Å²) in [6.45, 7) is 0.